The summed E-state index contributed by atoms with van der Waals surface area (Å²) < 4.78 is 0.677. The average Bonchev–Trinajstić information content (AvgIpc) is 2.37. The van der Waals surface area contributed by atoms with Gasteiger partial charge in [0.25, 0.3) is 0 Å². The van der Waals surface area contributed by atoms with Crippen LogP contribution in [0.15, 0.2) is 28.9 Å². The lowest BCUT2D eigenvalue weighted by Gasteiger charge is -2.07. The maximum Gasteiger partial charge on any atom is 0.135 e. The molecule has 0 amide bonds. The summed E-state index contributed by atoms with van der Waals surface area (Å²) in [6.07, 6.45) is 0. The first-order chi connectivity index (χ1) is 9.12. The van der Waals surface area contributed by atoms with Gasteiger partial charge in [-0.1, -0.05) is 0 Å². The Morgan fingerprint density at radius 2 is 1.84 bits per heavy atom. The molecule has 92 valence electrons. The summed E-state index contributed by atoms with van der Waals surface area (Å²) in [4.78, 5) is 8.33. The van der Waals surface area contributed by atoms with Crippen molar-refractivity contribution in [3.63, 3.8) is 0 Å². The van der Waals surface area contributed by atoms with E-state index in [9.17, 15) is 0 Å². The molecule has 0 saturated heterocycles. The molecular weight excluding hydrogens is 306 g/mol. The lowest BCUT2D eigenvalue weighted by atomic mass is 10.1. The number of aromatic nitrogens is 2. The summed E-state index contributed by atoms with van der Waals surface area (Å²) in [6.45, 7) is 1.79. The quantitative estimate of drug-likeness (QED) is 0.861. The van der Waals surface area contributed by atoms with E-state index in [0.717, 1.165) is 0 Å². The second-order valence-electron chi connectivity index (χ2n) is 3.73. The lowest BCUT2D eigenvalue weighted by molar-refractivity contribution is 1.04. The normalized spacial score (nSPS) is 9.47. The van der Waals surface area contributed by atoms with Crippen LogP contribution in [0, 0.1) is 29.6 Å². The van der Waals surface area contributed by atoms with Crippen LogP contribution in [0.4, 0.5) is 11.5 Å². The van der Waals surface area contributed by atoms with Gasteiger partial charge in [0.05, 0.1) is 11.1 Å². The molecule has 1 aromatic heterocycles. The minimum atomic E-state index is 0.331. The zero-order valence-corrected chi connectivity index (χ0v) is 11.6. The van der Waals surface area contributed by atoms with E-state index in [2.05, 4.69) is 31.2 Å². The Kier molecular flexibility index (Phi) is 3.74. The molecule has 0 unspecified atom stereocenters. The average molecular weight is 314 g/mol. The first-order valence-corrected chi connectivity index (χ1v) is 6.14. The minimum absolute atomic E-state index is 0.331. The number of hydrogen-bond acceptors (Lipinski definition) is 5. The molecule has 0 atom stereocenters. The van der Waals surface area contributed by atoms with Gasteiger partial charge in [-0.15, -0.1) is 0 Å². The second kappa shape index (κ2) is 5.47. The number of hydrogen-bond donors (Lipinski definition) is 1. The van der Waals surface area contributed by atoms with Gasteiger partial charge >= 0.3 is 0 Å². The number of rotatable bonds is 2. The van der Waals surface area contributed by atoms with Gasteiger partial charge in [-0.3, -0.25) is 0 Å². The standard InChI is InChI=1S/C13H8BrN5/c1-8-17-12(14)5-13(18-8)19-11-3-2-9(6-15)10(4-11)7-16/h2-5H,1H3,(H,17,18,19). The van der Waals surface area contributed by atoms with E-state index in [1.807, 2.05) is 12.1 Å². The minimum Gasteiger partial charge on any atom is -0.340 e. The van der Waals surface area contributed by atoms with Crippen molar-refractivity contribution in [2.24, 2.45) is 0 Å². The van der Waals surface area contributed by atoms with Crippen LogP contribution in [0.5, 0.6) is 0 Å². The van der Waals surface area contributed by atoms with Gasteiger partial charge in [0.1, 0.15) is 28.4 Å². The third-order valence-electron chi connectivity index (χ3n) is 2.34. The van der Waals surface area contributed by atoms with Crippen LogP contribution in [0.25, 0.3) is 0 Å². The van der Waals surface area contributed by atoms with Crippen LogP contribution in [0.3, 0.4) is 0 Å². The molecule has 0 spiro atoms. The van der Waals surface area contributed by atoms with Crippen molar-refractivity contribution in [2.45, 2.75) is 6.92 Å². The molecule has 1 N–H and O–H groups in total. The van der Waals surface area contributed by atoms with Gasteiger partial charge in [-0.2, -0.15) is 10.5 Å². The first-order valence-electron chi connectivity index (χ1n) is 5.35. The molecule has 19 heavy (non-hydrogen) atoms. The number of nitrogens with one attached hydrogen (secondary N) is 1. The highest BCUT2D eigenvalue weighted by Crippen LogP contribution is 2.20. The predicted molar refractivity (Wildman–Crippen MR) is 73.6 cm³/mol. The maximum atomic E-state index is 8.97. The Morgan fingerprint density at radius 1 is 1.11 bits per heavy atom. The first kappa shape index (κ1) is 13.0. The highest BCUT2D eigenvalue weighted by molar-refractivity contribution is 9.10. The maximum absolute atomic E-state index is 8.97. The van der Waals surface area contributed by atoms with Crippen LogP contribution in [0.1, 0.15) is 17.0 Å². The summed E-state index contributed by atoms with van der Waals surface area (Å²) in [5.74, 6) is 1.25. The predicted octanol–water partition coefficient (Wildman–Crippen LogP) is 3.03. The van der Waals surface area contributed by atoms with E-state index in [1.165, 1.54) is 0 Å². The van der Waals surface area contributed by atoms with E-state index >= 15 is 0 Å². The monoisotopic (exact) mass is 313 g/mol. The number of nitrogens with zero attached hydrogens (tertiary/aromatic N) is 4. The molecular formula is C13H8BrN5. The molecule has 6 heteroatoms. The summed E-state index contributed by atoms with van der Waals surface area (Å²) in [5.41, 5.74) is 1.38. The fraction of sp³-hybridized carbons (Fsp3) is 0.0769. The Morgan fingerprint density at radius 3 is 2.47 bits per heavy atom. The smallest absolute Gasteiger partial charge is 0.135 e. The van der Waals surface area contributed by atoms with Crippen molar-refractivity contribution >= 4 is 27.4 Å². The SMILES string of the molecule is Cc1nc(Br)cc(Nc2ccc(C#N)c(C#N)c2)n1. The van der Waals surface area contributed by atoms with Crippen LogP contribution in [-0.4, -0.2) is 9.97 Å². The fourth-order valence-corrected chi connectivity index (χ4v) is 2.03. The third-order valence-corrected chi connectivity index (χ3v) is 2.75. The molecule has 0 radical (unpaired) electrons. The topological polar surface area (TPSA) is 85.4 Å². The van der Waals surface area contributed by atoms with Gasteiger partial charge < -0.3 is 5.32 Å². The van der Waals surface area contributed by atoms with E-state index in [-0.39, 0.29) is 0 Å². The van der Waals surface area contributed by atoms with Gasteiger partial charge in [-0.25, -0.2) is 9.97 Å². The summed E-state index contributed by atoms with van der Waals surface area (Å²) in [7, 11) is 0. The molecule has 0 bridgehead atoms. The number of anilines is 2. The van der Waals surface area contributed by atoms with Gasteiger partial charge in [0.15, 0.2) is 0 Å². The molecule has 2 rings (SSSR count). The number of halogens is 1. The Bertz CT molecular complexity index is 692. The fourth-order valence-electron chi connectivity index (χ4n) is 1.56. The zero-order chi connectivity index (χ0) is 13.8. The highest BCUT2D eigenvalue weighted by Gasteiger charge is 2.05. The molecule has 0 fully saturated rings. The molecule has 0 aliphatic rings. The van der Waals surface area contributed by atoms with Gasteiger partial charge in [-0.05, 0) is 41.1 Å². The summed E-state index contributed by atoms with van der Waals surface area (Å²) >= 11 is 3.29. The summed E-state index contributed by atoms with van der Waals surface area (Å²) in [5, 5.41) is 20.9. The summed E-state index contributed by atoms with van der Waals surface area (Å²) in [6, 6.07) is 10.6. The number of aryl methyl sites for hydroxylation is 1. The van der Waals surface area contributed by atoms with Crippen molar-refractivity contribution < 1.29 is 0 Å². The van der Waals surface area contributed by atoms with E-state index in [0.29, 0.717) is 33.1 Å². The van der Waals surface area contributed by atoms with Crippen LogP contribution >= 0.6 is 15.9 Å². The number of benzene rings is 1. The lowest BCUT2D eigenvalue weighted by Crippen LogP contribution is -1.98. The molecule has 0 aliphatic carbocycles. The van der Waals surface area contributed by atoms with Crippen LogP contribution < -0.4 is 5.32 Å². The Hall–Kier alpha value is -2.44. The van der Waals surface area contributed by atoms with Crippen molar-refractivity contribution in [1.82, 2.24) is 9.97 Å². The zero-order valence-electron chi connectivity index (χ0n) is 9.98. The molecule has 1 heterocycles. The highest BCUT2D eigenvalue weighted by atomic mass is 79.9. The van der Waals surface area contributed by atoms with E-state index < -0.39 is 0 Å². The van der Waals surface area contributed by atoms with E-state index in [4.69, 9.17) is 10.5 Å². The Balaban J connectivity index is 2.34. The molecule has 1 aromatic carbocycles. The van der Waals surface area contributed by atoms with Gasteiger partial charge in [0.2, 0.25) is 0 Å². The molecule has 2 aromatic rings. The Labute approximate surface area is 118 Å². The van der Waals surface area contributed by atoms with Crippen LogP contribution in [0.2, 0.25) is 0 Å². The van der Waals surface area contributed by atoms with Crippen molar-refractivity contribution in [1.29, 1.82) is 10.5 Å². The van der Waals surface area contributed by atoms with Crippen molar-refractivity contribution in [2.75, 3.05) is 5.32 Å². The van der Waals surface area contributed by atoms with Crippen molar-refractivity contribution in [3.8, 4) is 12.1 Å². The number of nitriles is 2. The van der Waals surface area contributed by atoms with Crippen LogP contribution in [-0.2, 0) is 0 Å². The van der Waals surface area contributed by atoms with E-state index in [1.54, 1.807) is 31.2 Å². The van der Waals surface area contributed by atoms with Crippen molar-refractivity contribution in [3.05, 3.63) is 45.8 Å². The second-order valence-corrected chi connectivity index (χ2v) is 4.54. The molecule has 5 nitrogen and oxygen atoms in total. The van der Waals surface area contributed by atoms with Gasteiger partial charge in [0, 0.05) is 11.8 Å². The molecule has 0 aliphatic heterocycles. The largest absolute Gasteiger partial charge is 0.340 e. The molecule has 0 saturated carbocycles. The third kappa shape index (κ3) is 3.06.